The molecule has 2 rings (SSSR count). The summed E-state index contributed by atoms with van der Waals surface area (Å²) in [7, 11) is 1.75. The summed E-state index contributed by atoms with van der Waals surface area (Å²) in [6.45, 7) is 0.161. The monoisotopic (exact) mass is 290 g/mol. The Labute approximate surface area is 121 Å². The highest BCUT2D eigenvalue weighted by Crippen LogP contribution is 2.18. The molecule has 1 heterocycles. The minimum absolute atomic E-state index is 0.161. The van der Waals surface area contributed by atoms with Crippen molar-refractivity contribution in [2.75, 3.05) is 11.9 Å². The maximum Gasteiger partial charge on any atom is 0.273 e. The summed E-state index contributed by atoms with van der Waals surface area (Å²) in [4.78, 5) is 16.2. The molecule has 0 unspecified atom stereocenters. The lowest BCUT2D eigenvalue weighted by Crippen LogP contribution is -2.18. The summed E-state index contributed by atoms with van der Waals surface area (Å²) in [6.07, 6.45) is 3.07. The molecule has 104 valence electrons. The Kier molecular flexibility index (Phi) is 4.31. The van der Waals surface area contributed by atoms with Crippen molar-refractivity contribution < 1.29 is 9.53 Å². The van der Waals surface area contributed by atoms with Crippen molar-refractivity contribution >= 4 is 28.8 Å². The second-order valence-corrected chi connectivity index (χ2v) is 4.65. The first-order valence-electron chi connectivity index (χ1n) is 5.85. The molecule has 0 radical (unpaired) electrons. The second kappa shape index (κ2) is 6.16. The fourth-order valence-electron chi connectivity index (χ4n) is 1.59. The molecule has 1 aromatic carbocycles. The largest absolute Gasteiger partial charge is 0.486 e. The van der Waals surface area contributed by atoms with E-state index in [9.17, 15) is 4.79 Å². The third-order valence-electron chi connectivity index (χ3n) is 2.52. The fraction of sp³-hybridized carbons (Fsp3) is 0.154. The van der Waals surface area contributed by atoms with Gasteiger partial charge in [-0.1, -0.05) is 18.3 Å². The highest BCUT2D eigenvalue weighted by Gasteiger charge is 2.10. The quantitative estimate of drug-likeness (QED) is 0.812. The average Bonchev–Trinajstić information content (AvgIpc) is 2.83. The van der Waals surface area contributed by atoms with Gasteiger partial charge in [-0.2, -0.15) is 0 Å². The second-order valence-electron chi connectivity index (χ2n) is 4.13. The van der Waals surface area contributed by atoms with Crippen LogP contribution in [0.3, 0.4) is 0 Å². The Morgan fingerprint density at radius 1 is 1.55 bits per heavy atom. The van der Waals surface area contributed by atoms with Crippen LogP contribution in [0.4, 0.5) is 5.69 Å². The van der Waals surface area contributed by atoms with E-state index in [0.717, 1.165) is 0 Å². The average molecular weight is 290 g/mol. The van der Waals surface area contributed by atoms with Crippen LogP contribution in [0.1, 0.15) is 10.5 Å². The number of ether oxygens (including phenoxy) is 1. The van der Waals surface area contributed by atoms with Gasteiger partial charge in [0.1, 0.15) is 23.0 Å². The lowest BCUT2D eigenvalue weighted by molar-refractivity contribution is 0.101. The maximum absolute atomic E-state index is 12.0. The number of nitrogens with one attached hydrogen (secondary N) is 1. The zero-order chi connectivity index (χ0) is 14.5. The number of hydrogen-bond acceptors (Lipinski definition) is 4. The van der Waals surface area contributed by atoms with E-state index >= 15 is 0 Å². The lowest BCUT2D eigenvalue weighted by Gasteiger charge is -2.08. The van der Waals surface area contributed by atoms with Gasteiger partial charge in [0.15, 0.2) is 0 Å². The van der Waals surface area contributed by atoms with Crippen LogP contribution in [0, 0.1) is 0 Å². The fourth-order valence-corrected chi connectivity index (χ4v) is 1.65. The van der Waals surface area contributed by atoms with Gasteiger partial charge in [-0.05, 0) is 12.1 Å². The van der Waals surface area contributed by atoms with Crippen LogP contribution < -0.4 is 15.8 Å². The van der Waals surface area contributed by atoms with Gasteiger partial charge in [0.05, 0.1) is 12.5 Å². The summed E-state index contributed by atoms with van der Waals surface area (Å²) in [5.74, 6) is 0.345. The van der Waals surface area contributed by atoms with Crippen LogP contribution in [0.15, 0.2) is 36.8 Å². The maximum atomic E-state index is 12.0. The van der Waals surface area contributed by atoms with E-state index in [1.807, 2.05) is 0 Å². The number of nitrogens with two attached hydrogens (primary N) is 1. The number of benzene rings is 1. The Bertz CT molecular complexity index is 639. The van der Waals surface area contributed by atoms with Gasteiger partial charge in [0.2, 0.25) is 0 Å². The summed E-state index contributed by atoms with van der Waals surface area (Å²) in [6, 6.07) is 7.00. The number of imidazole rings is 1. The molecule has 0 fully saturated rings. The summed E-state index contributed by atoms with van der Waals surface area (Å²) >= 11 is 4.74. The number of aryl methyl sites for hydroxylation is 1. The molecular formula is C13H14N4O2S. The van der Waals surface area contributed by atoms with Crippen LogP contribution in [-0.2, 0) is 7.05 Å². The SMILES string of the molecule is Cn1cncc1C(=O)Nc1cccc(OCC(N)=S)c1. The molecule has 6 nitrogen and oxygen atoms in total. The van der Waals surface area contributed by atoms with E-state index < -0.39 is 0 Å². The first kappa shape index (κ1) is 14.0. The molecule has 0 aliphatic heterocycles. The highest BCUT2D eigenvalue weighted by atomic mass is 32.1. The van der Waals surface area contributed by atoms with Gasteiger partial charge in [-0.3, -0.25) is 4.79 Å². The highest BCUT2D eigenvalue weighted by molar-refractivity contribution is 7.80. The number of nitrogens with zero attached hydrogens (tertiary/aromatic N) is 2. The molecule has 0 spiro atoms. The van der Waals surface area contributed by atoms with Gasteiger partial charge in [-0.15, -0.1) is 0 Å². The molecule has 0 saturated carbocycles. The molecule has 0 saturated heterocycles. The predicted octanol–water partition coefficient (Wildman–Crippen LogP) is 1.34. The number of thiocarbonyl (C=S) groups is 1. The summed E-state index contributed by atoms with van der Waals surface area (Å²) in [5, 5.41) is 2.77. The molecule has 1 amide bonds. The van der Waals surface area contributed by atoms with Gasteiger partial charge in [0, 0.05) is 18.8 Å². The molecule has 0 aliphatic rings. The molecule has 0 aliphatic carbocycles. The van der Waals surface area contributed by atoms with Crippen LogP contribution in [0.25, 0.3) is 0 Å². The normalized spacial score (nSPS) is 10.1. The van der Waals surface area contributed by atoms with E-state index in [2.05, 4.69) is 10.3 Å². The Morgan fingerprint density at radius 3 is 3.00 bits per heavy atom. The summed E-state index contributed by atoms with van der Waals surface area (Å²) in [5.41, 5.74) is 6.46. The Hall–Kier alpha value is -2.41. The smallest absolute Gasteiger partial charge is 0.273 e. The van der Waals surface area contributed by atoms with Crippen LogP contribution in [0.2, 0.25) is 0 Å². The number of carbonyl (C=O) groups excluding carboxylic acids is 1. The topological polar surface area (TPSA) is 82.2 Å². The Morgan fingerprint density at radius 2 is 2.35 bits per heavy atom. The standard InChI is InChI=1S/C13H14N4O2S/c1-17-8-15-6-11(17)13(18)16-9-3-2-4-10(5-9)19-7-12(14)20/h2-6,8H,7H2,1H3,(H2,14,20)(H,16,18). The number of hydrogen-bond donors (Lipinski definition) is 2. The molecule has 3 N–H and O–H groups in total. The van der Waals surface area contributed by atoms with Crippen molar-refractivity contribution in [3.8, 4) is 5.75 Å². The van der Waals surface area contributed by atoms with E-state index in [1.165, 1.54) is 6.20 Å². The number of anilines is 1. The molecule has 7 heteroatoms. The molecule has 1 aromatic heterocycles. The van der Waals surface area contributed by atoms with E-state index in [1.54, 1.807) is 42.2 Å². The molecule has 2 aromatic rings. The minimum Gasteiger partial charge on any atom is -0.486 e. The molecule has 0 atom stereocenters. The predicted molar refractivity (Wildman–Crippen MR) is 79.9 cm³/mol. The van der Waals surface area contributed by atoms with E-state index in [4.69, 9.17) is 22.7 Å². The number of carbonyl (C=O) groups is 1. The third kappa shape index (κ3) is 3.55. The first-order chi connectivity index (χ1) is 9.56. The van der Waals surface area contributed by atoms with Crippen molar-refractivity contribution in [2.45, 2.75) is 0 Å². The number of amides is 1. The van der Waals surface area contributed by atoms with Crippen molar-refractivity contribution in [1.29, 1.82) is 0 Å². The molecule has 20 heavy (non-hydrogen) atoms. The lowest BCUT2D eigenvalue weighted by atomic mass is 10.3. The van der Waals surface area contributed by atoms with Crippen molar-refractivity contribution in [1.82, 2.24) is 9.55 Å². The molecular weight excluding hydrogens is 276 g/mol. The van der Waals surface area contributed by atoms with Gasteiger partial charge >= 0.3 is 0 Å². The third-order valence-corrected chi connectivity index (χ3v) is 2.64. The zero-order valence-corrected chi connectivity index (χ0v) is 11.7. The van der Waals surface area contributed by atoms with Gasteiger partial charge < -0.3 is 20.4 Å². The van der Waals surface area contributed by atoms with Crippen LogP contribution >= 0.6 is 12.2 Å². The number of rotatable bonds is 5. The van der Waals surface area contributed by atoms with Crippen molar-refractivity contribution in [2.24, 2.45) is 12.8 Å². The molecule has 0 bridgehead atoms. The summed E-state index contributed by atoms with van der Waals surface area (Å²) < 4.78 is 7.01. The van der Waals surface area contributed by atoms with Gasteiger partial charge in [-0.25, -0.2) is 4.98 Å². The van der Waals surface area contributed by atoms with Crippen molar-refractivity contribution in [3.05, 3.63) is 42.5 Å². The van der Waals surface area contributed by atoms with Crippen LogP contribution in [0.5, 0.6) is 5.75 Å². The first-order valence-corrected chi connectivity index (χ1v) is 6.26. The van der Waals surface area contributed by atoms with Crippen molar-refractivity contribution in [3.63, 3.8) is 0 Å². The zero-order valence-electron chi connectivity index (χ0n) is 10.9. The minimum atomic E-state index is -0.239. The van der Waals surface area contributed by atoms with E-state index in [-0.39, 0.29) is 17.5 Å². The number of aromatic nitrogens is 2. The Balaban J connectivity index is 2.06. The van der Waals surface area contributed by atoms with E-state index in [0.29, 0.717) is 17.1 Å². The van der Waals surface area contributed by atoms with Gasteiger partial charge in [0.25, 0.3) is 5.91 Å². The van der Waals surface area contributed by atoms with Crippen LogP contribution in [-0.4, -0.2) is 27.1 Å².